The van der Waals surface area contributed by atoms with Crippen LogP contribution in [0.4, 0.5) is 5.69 Å². The van der Waals surface area contributed by atoms with Crippen LogP contribution in [0.25, 0.3) is 0 Å². The molecule has 0 fully saturated rings. The molecule has 0 radical (unpaired) electrons. The number of carbonyl (C=O) groups excluding carboxylic acids is 2. The lowest BCUT2D eigenvalue weighted by atomic mass is 9.93. The Kier molecular flexibility index (Phi) is 6.44. The highest BCUT2D eigenvalue weighted by molar-refractivity contribution is 7.89. The van der Waals surface area contributed by atoms with Gasteiger partial charge in [-0.1, -0.05) is 48.5 Å². The Balaban J connectivity index is 1.66. The summed E-state index contributed by atoms with van der Waals surface area (Å²) in [6, 6.07) is 18.3. The first-order valence-electron chi connectivity index (χ1n) is 10.8. The van der Waals surface area contributed by atoms with Crippen LogP contribution in [0.5, 0.6) is 0 Å². The van der Waals surface area contributed by atoms with Crippen molar-refractivity contribution in [1.82, 2.24) is 4.72 Å². The molecule has 1 heterocycles. The molecule has 1 amide bonds. The van der Waals surface area contributed by atoms with Gasteiger partial charge in [0.25, 0.3) is 0 Å². The molecule has 6 nitrogen and oxygen atoms in total. The van der Waals surface area contributed by atoms with Crippen LogP contribution in [-0.4, -0.2) is 20.1 Å². The smallest absolute Gasteiger partial charge is 0.241 e. The number of aryl methyl sites for hydroxylation is 3. The number of fused-ring (bicyclic) bond motifs is 1. The highest BCUT2D eigenvalue weighted by Crippen LogP contribution is 2.27. The number of amides is 1. The Morgan fingerprint density at radius 2 is 1.67 bits per heavy atom. The maximum absolute atomic E-state index is 13.4. The molecule has 2 N–H and O–H groups in total. The van der Waals surface area contributed by atoms with E-state index in [1.807, 2.05) is 38.1 Å². The molecule has 0 bridgehead atoms. The summed E-state index contributed by atoms with van der Waals surface area (Å²) in [5.41, 5.74) is 4.87. The molecular formula is C26H26N2O4S. The van der Waals surface area contributed by atoms with Crippen molar-refractivity contribution >= 4 is 27.4 Å². The Morgan fingerprint density at radius 1 is 0.970 bits per heavy atom. The number of sulfonamides is 1. The molecule has 1 aliphatic rings. The first-order valence-corrected chi connectivity index (χ1v) is 12.3. The van der Waals surface area contributed by atoms with E-state index in [0.717, 1.165) is 22.3 Å². The summed E-state index contributed by atoms with van der Waals surface area (Å²) in [5.74, 6) is -0.315. The van der Waals surface area contributed by atoms with Gasteiger partial charge in [0.2, 0.25) is 15.9 Å². The third-order valence-corrected chi connectivity index (χ3v) is 7.43. The van der Waals surface area contributed by atoms with E-state index in [0.29, 0.717) is 24.1 Å². The molecule has 4 rings (SSSR count). The van der Waals surface area contributed by atoms with Gasteiger partial charge in [0.1, 0.15) is 6.04 Å². The SMILES string of the molecule is Cc1cccc(C)c1CC(=O)C(NS(=O)(=O)c1ccc2c(c1)CCC(=O)N2)c1ccccc1. The lowest BCUT2D eigenvalue weighted by Gasteiger charge is -2.21. The third kappa shape index (κ3) is 5.05. The summed E-state index contributed by atoms with van der Waals surface area (Å²) in [7, 11) is -4.00. The van der Waals surface area contributed by atoms with Crippen molar-refractivity contribution in [1.29, 1.82) is 0 Å². The van der Waals surface area contributed by atoms with Crippen molar-refractivity contribution in [3.05, 3.63) is 94.5 Å². The van der Waals surface area contributed by atoms with E-state index in [1.165, 1.54) is 6.07 Å². The predicted molar refractivity (Wildman–Crippen MR) is 128 cm³/mol. The summed E-state index contributed by atoms with van der Waals surface area (Å²) in [6.45, 7) is 3.90. The van der Waals surface area contributed by atoms with Crippen LogP contribution in [0, 0.1) is 13.8 Å². The van der Waals surface area contributed by atoms with Crippen LogP contribution in [0.2, 0.25) is 0 Å². The van der Waals surface area contributed by atoms with E-state index in [-0.39, 0.29) is 23.0 Å². The van der Waals surface area contributed by atoms with Gasteiger partial charge in [-0.25, -0.2) is 8.42 Å². The number of rotatable bonds is 7. The van der Waals surface area contributed by atoms with Crippen molar-refractivity contribution in [3.8, 4) is 0 Å². The summed E-state index contributed by atoms with van der Waals surface area (Å²) >= 11 is 0. The monoisotopic (exact) mass is 462 g/mol. The minimum Gasteiger partial charge on any atom is -0.326 e. The van der Waals surface area contributed by atoms with E-state index in [9.17, 15) is 18.0 Å². The van der Waals surface area contributed by atoms with Gasteiger partial charge in [-0.2, -0.15) is 4.72 Å². The zero-order chi connectivity index (χ0) is 23.6. The number of hydrogen-bond donors (Lipinski definition) is 2. The average molecular weight is 463 g/mol. The number of Topliss-reactive ketones (excluding diaryl/α,β-unsaturated/α-hetero) is 1. The van der Waals surface area contributed by atoms with Gasteiger partial charge >= 0.3 is 0 Å². The number of nitrogens with one attached hydrogen (secondary N) is 2. The van der Waals surface area contributed by atoms with Crippen molar-refractivity contribution in [2.75, 3.05) is 5.32 Å². The average Bonchev–Trinajstić information content (AvgIpc) is 2.80. The summed E-state index contributed by atoms with van der Waals surface area (Å²) in [6.07, 6.45) is 0.903. The molecule has 0 saturated carbocycles. The third-order valence-electron chi connectivity index (χ3n) is 6.01. The normalized spacial score (nSPS) is 14.3. The minimum atomic E-state index is -4.00. The zero-order valence-electron chi connectivity index (χ0n) is 18.6. The van der Waals surface area contributed by atoms with E-state index < -0.39 is 16.1 Å². The van der Waals surface area contributed by atoms with Crippen LogP contribution < -0.4 is 10.0 Å². The van der Waals surface area contributed by atoms with Gasteiger partial charge in [-0.15, -0.1) is 0 Å². The summed E-state index contributed by atoms with van der Waals surface area (Å²) in [4.78, 5) is 25.1. The first-order chi connectivity index (χ1) is 15.7. The second kappa shape index (κ2) is 9.29. The Labute approximate surface area is 194 Å². The van der Waals surface area contributed by atoms with Crippen molar-refractivity contribution in [3.63, 3.8) is 0 Å². The summed E-state index contributed by atoms with van der Waals surface area (Å²) < 4.78 is 29.2. The molecule has 7 heteroatoms. The fourth-order valence-electron chi connectivity index (χ4n) is 4.12. The standard InChI is InChI=1S/C26H26N2O4S/c1-17-7-6-8-18(2)22(17)16-24(29)26(19-9-4-3-5-10-19)28-33(31,32)21-12-13-23-20(15-21)11-14-25(30)27-23/h3-10,12-13,15,26,28H,11,14,16H2,1-2H3,(H,27,30). The molecule has 0 spiro atoms. The fourth-order valence-corrected chi connectivity index (χ4v) is 5.38. The molecule has 1 unspecified atom stereocenters. The number of ketones is 1. The Morgan fingerprint density at radius 3 is 2.36 bits per heavy atom. The van der Waals surface area contributed by atoms with E-state index in [1.54, 1.807) is 36.4 Å². The van der Waals surface area contributed by atoms with Gasteiger partial charge in [0.15, 0.2) is 5.78 Å². The van der Waals surface area contributed by atoms with Gasteiger partial charge in [-0.05, 0) is 66.3 Å². The molecule has 170 valence electrons. The number of benzene rings is 3. The van der Waals surface area contributed by atoms with Crippen LogP contribution >= 0.6 is 0 Å². The molecule has 1 atom stereocenters. The van der Waals surface area contributed by atoms with Gasteiger partial charge in [0.05, 0.1) is 4.90 Å². The van der Waals surface area contributed by atoms with Gasteiger partial charge < -0.3 is 5.32 Å². The van der Waals surface area contributed by atoms with E-state index >= 15 is 0 Å². The molecular weight excluding hydrogens is 436 g/mol. The molecule has 33 heavy (non-hydrogen) atoms. The second-order valence-corrected chi connectivity index (χ2v) is 10.1. The Hall–Kier alpha value is -3.29. The second-order valence-electron chi connectivity index (χ2n) is 8.35. The largest absolute Gasteiger partial charge is 0.326 e. The van der Waals surface area contributed by atoms with E-state index in [2.05, 4.69) is 10.0 Å². The van der Waals surface area contributed by atoms with Crippen LogP contribution in [-0.2, 0) is 32.5 Å². The number of hydrogen-bond acceptors (Lipinski definition) is 4. The fraction of sp³-hybridized carbons (Fsp3) is 0.231. The van der Waals surface area contributed by atoms with Crippen molar-refractivity contribution in [2.45, 2.75) is 44.0 Å². The molecule has 1 aliphatic heterocycles. The zero-order valence-corrected chi connectivity index (χ0v) is 19.4. The van der Waals surface area contributed by atoms with E-state index in [4.69, 9.17) is 0 Å². The number of carbonyl (C=O) groups is 2. The Bertz CT molecular complexity index is 1300. The summed E-state index contributed by atoms with van der Waals surface area (Å²) in [5, 5.41) is 2.75. The van der Waals surface area contributed by atoms with Crippen molar-refractivity contribution in [2.24, 2.45) is 0 Å². The molecule has 0 saturated heterocycles. The van der Waals surface area contributed by atoms with Crippen LogP contribution in [0.1, 0.15) is 40.3 Å². The lowest BCUT2D eigenvalue weighted by Crippen LogP contribution is -2.35. The molecule has 0 aromatic heterocycles. The maximum Gasteiger partial charge on any atom is 0.241 e. The maximum atomic E-state index is 13.4. The molecule has 0 aliphatic carbocycles. The quantitative estimate of drug-likeness (QED) is 0.555. The minimum absolute atomic E-state index is 0.0678. The lowest BCUT2D eigenvalue weighted by molar-refractivity contribution is -0.120. The topological polar surface area (TPSA) is 92.3 Å². The van der Waals surface area contributed by atoms with Gasteiger partial charge in [-0.3, -0.25) is 9.59 Å². The van der Waals surface area contributed by atoms with Crippen LogP contribution in [0.3, 0.4) is 0 Å². The highest BCUT2D eigenvalue weighted by Gasteiger charge is 2.28. The highest BCUT2D eigenvalue weighted by atomic mass is 32.2. The first kappa shape index (κ1) is 22.9. The number of anilines is 1. The van der Waals surface area contributed by atoms with Crippen LogP contribution in [0.15, 0.2) is 71.6 Å². The van der Waals surface area contributed by atoms with Crippen molar-refractivity contribution < 1.29 is 18.0 Å². The molecule has 3 aromatic carbocycles. The molecule has 3 aromatic rings. The van der Waals surface area contributed by atoms with Gasteiger partial charge in [0, 0.05) is 18.5 Å². The predicted octanol–water partition coefficient (Wildman–Crippen LogP) is 4.02.